The standard InChI is InChI=1S/C25H25N3O8S/c1-15(17-8-10-18(11-9-17)37(2,35)36)27-23(32)19-14-28(13-16-6-4-3-5-7-16)25(34)21(22(19)31)24(33)26-12-20(29)30/h3-11,14-15,31H,12-13H2,1-2H3,(H,26,33)(H,27,32)(H,29,30). The minimum atomic E-state index is -3.40. The summed E-state index contributed by atoms with van der Waals surface area (Å²) in [6, 6.07) is 13.9. The van der Waals surface area contributed by atoms with Gasteiger partial charge < -0.3 is 25.4 Å². The fourth-order valence-electron chi connectivity index (χ4n) is 3.53. The van der Waals surface area contributed by atoms with Crippen LogP contribution in [0.15, 0.2) is 70.5 Å². The number of pyridine rings is 1. The van der Waals surface area contributed by atoms with Gasteiger partial charge in [-0.15, -0.1) is 0 Å². The Hall–Kier alpha value is -4.45. The van der Waals surface area contributed by atoms with Crippen LogP contribution in [0, 0.1) is 0 Å². The van der Waals surface area contributed by atoms with Crippen LogP contribution >= 0.6 is 0 Å². The van der Waals surface area contributed by atoms with Crippen LogP contribution in [0.4, 0.5) is 0 Å². The molecule has 0 aliphatic rings. The van der Waals surface area contributed by atoms with Crippen molar-refractivity contribution in [3.8, 4) is 5.75 Å². The highest BCUT2D eigenvalue weighted by Crippen LogP contribution is 2.22. The van der Waals surface area contributed by atoms with Crippen LogP contribution in [-0.2, 0) is 21.2 Å². The normalized spacial score (nSPS) is 11.9. The van der Waals surface area contributed by atoms with Crippen LogP contribution < -0.4 is 16.2 Å². The Morgan fingerprint density at radius 1 is 1.00 bits per heavy atom. The summed E-state index contributed by atoms with van der Waals surface area (Å²) in [5.74, 6) is -4.21. The molecule has 1 heterocycles. The maximum atomic E-state index is 13.1. The molecule has 3 aromatic rings. The van der Waals surface area contributed by atoms with E-state index in [1.165, 1.54) is 24.3 Å². The Kier molecular flexibility index (Phi) is 8.13. The molecule has 1 aromatic heterocycles. The number of aromatic nitrogens is 1. The average molecular weight is 528 g/mol. The third-order valence-electron chi connectivity index (χ3n) is 5.48. The molecule has 3 rings (SSSR count). The molecule has 0 bridgehead atoms. The molecule has 12 heteroatoms. The van der Waals surface area contributed by atoms with Crippen LogP contribution in [0.25, 0.3) is 0 Å². The van der Waals surface area contributed by atoms with Crippen LogP contribution in [0.5, 0.6) is 5.75 Å². The number of carbonyl (C=O) groups excluding carboxylic acids is 2. The Bertz CT molecular complexity index is 1500. The summed E-state index contributed by atoms with van der Waals surface area (Å²) in [5, 5.41) is 24.3. The van der Waals surface area contributed by atoms with E-state index in [0.29, 0.717) is 11.1 Å². The molecule has 0 aliphatic carbocycles. The number of benzene rings is 2. The van der Waals surface area contributed by atoms with E-state index in [1.807, 2.05) is 5.32 Å². The lowest BCUT2D eigenvalue weighted by molar-refractivity contribution is -0.135. The zero-order chi connectivity index (χ0) is 27.3. The average Bonchev–Trinajstić information content (AvgIpc) is 2.84. The van der Waals surface area contributed by atoms with E-state index in [1.54, 1.807) is 37.3 Å². The Balaban J connectivity index is 1.98. The van der Waals surface area contributed by atoms with E-state index >= 15 is 0 Å². The van der Waals surface area contributed by atoms with Gasteiger partial charge in [0, 0.05) is 12.5 Å². The predicted octanol–water partition coefficient (Wildman–Crippen LogP) is 1.31. The molecule has 4 N–H and O–H groups in total. The number of nitrogens with zero attached hydrogens (tertiary/aromatic N) is 1. The number of nitrogens with one attached hydrogen (secondary N) is 2. The second kappa shape index (κ2) is 11.1. The first-order valence-corrected chi connectivity index (χ1v) is 12.9. The molecule has 0 saturated carbocycles. The second-order valence-electron chi connectivity index (χ2n) is 8.30. The second-order valence-corrected chi connectivity index (χ2v) is 10.3. The molecular formula is C25H25N3O8S. The minimum Gasteiger partial charge on any atom is -0.506 e. The first kappa shape index (κ1) is 27.1. The highest BCUT2D eigenvalue weighted by atomic mass is 32.2. The number of carboxylic acids is 1. The molecule has 11 nitrogen and oxygen atoms in total. The molecule has 0 aliphatic heterocycles. The summed E-state index contributed by atoms with van der Waals surface area (Å²) in [4.78, 5) is 49.7. The van der Waals surface area contributed by atoms with Gasteiger partial charge in [-0.05, 0) is 30.2 Å². The highest BCUT2D eigenvalue weighted by Gasteiger charge is 2.26. The van der Waals surface area contributed by atoms with E-state index in [9.17, 15) is 32.7 Å². The summed E-state index contributed by atoms with van der Waals surface area (Å²) >= 11 is 0. The molecule has 194 valence electrons. The molecule has 1 unspecified atom stereocenters. The molecule has 2 amide bonds. The van der Waals surface area contributed by atoms with Crippen LogP contribution in [0.3, 0.4) is 0 Å². The lowest BCUT2D eigenvalue weighted by Crippen LogP contribution is -2.37. The quantitative estimate of drug-likeness (QED) is 0.322. The molecule has 0 spiro atoms. The number of carboxylic acid groups (broad SMARTS) is 1. The van der Waals surface area contributed by atoms with Gasteiger partial charge in [0.05, 0.1) is 23.0 Å². The van der Waals surface area contributed by atoms with E-state index in [2.05, 4.69) is 5.32 Å². The van der Waals surface area contributed by atoms with Gasteiger partial charge in [0.1, 0.15) is 17.9 Å². The summed E-state index contributed by atoms with van der Waals surface area (Å²) < 4.78 is 24.4. The van der Waals surface area contributed by atoms with Gasteiger partial charge in [0.25, 0.3) is 17.4 Å². The molecule has 0 saturated heterocycles. The zero-order valence-electron chi connectivity index (χ0n) is 20.0. The molecule has 37 heavy (non-hydrogen) atoms. The Labute approximate surface area is 212 Å². The van der Waals surface area contributed by atoms with Crippen molar-refractivity contribution in [1.29, 1.82) is 0 Å². The lowest BCUT2D eigenvalue weighted by atomic mass is 10.1. The number of rotatable bonds is 9. The molecule has 1 atom stereocenters. The van der Waals surface area contributed by atoms with Crippen molar-refractivity contribution in [2.75, 3.05) is 12.8 Å². The number of hydrogen-bond acceptors (Lipinski definition) is 7. The summed E-state index contributed by atoms with van der Waals surface area (Å²) in [6.45, 7) is 0.806. The van der Waals surface area contributed by atoms with E-state index in [-0.39, 0.29) is 17.0 Å². The molecule has 2 aromatic carbocycles. The van der Waals surface area contributed by atoms with Crippen molar-refractivity contribution >= 4 is 27.6 Å². The van der Waals surface area contributed by atoms with Gasteiger partial charge in [0.2, 0.25) is 0 Å². The van der Waals surface area contributed by atoms with E-state index in [4.69, 9.17) is 5.11 Å². The van der Waals surface area contributed by atoms with E-state index in [0.717, 1.165) is 17.0 Å². The number of aliphatic carboxylic acids is 1. The first-order valence-electron chi connectivity index (χ1n) is 11.0. The van der Waals surface area contributed by atoms with Gasteiger partial charge >= 0.3 is 5.97 Å². The van der Waals surface area contributed by atoms with Crippen LogP contribution in [-0.4, -0.2) is 53.8 Å². The predicted molar refractivity (Wildman–Crippen MR) is 133 cm³/mol. The smallest absolute Gasteiger partial charge is 0.322 e. The highest BCUT2D eigenvalue weighted by molar-refractivity contribution is 7.90. The number of sulfone groups is 1. The number of aromatic hydroxyl groups is 1. The third kappa shape index (κ3) is 6.61. The van der Waals surface area contributed by atoms with Gasteiger partial charge in [-0.2, -0.15) is 0 Å². The minimum absolute atomic E-state index is 0.0258. The largest absolute Gasteiger partial charge is 0.506 e. The maximum absolute atomic E-state index is 13.1. The van der Waals surface area contributed by atoms with Gasteiger partial charge in [0.15, 0.2) is 9.84 Å². The van der Waals surface area contributed by atoms with Crippen molar-refractivity contribution in [3.63, 3.8) is 0 Å². The van der Waals surface area contributed by atoms with Gasteiger partial charge in [-0.3, -0.25) is 19.2 Å². The van der Waals surface area contributed by atoms with Crippen molar-refractivity contribution < 1.29 is 33.0 Å². The molecule has 0 radical (unpaired) electrons. The molecule has 0 fully saturated rings. The van der Waals surface area contributed by atoms with E-state index < -0.39 is 57.1 Å². The SMILES string of the molecule is CC(NC(=O)c1cn(Cc2ccccc2)c(=O)c(C(=O)NCC(=O)O)c1O)c1ccc(S(C)(=O)=O)cc1. The van der Waals surface area contributed by atoms with Crippen molar-refractivity contribution in [2.24, 2.45) is 0 Å². The fourth-order valence-corrected chi connectivity index (χ4v) is 4.16. The zero-order valence-corrected chi connectivity index (χ0v) is 20.8. The number of carbonyl (C=O) groups is 3. The van der Waals surface area contributed by atoms with Crippen LogP contribution in [0.1, 0.15) is 44.8 Å². The lowest BCUT2D eigenvalue weighted by Gasteiger charge is -2.18. The first-order chi connectivity index (χ1) is 17.4. The fraction of sp³-hybridized carbons (Fsp3) is 0.200. The molecular weight excluding hydrogens is 502 g/mol. The Morgan fingerprint density at radius 2 is 1.62 bits per heavy atom. The van der Waals surface area contributed by atoms with Crippen molar-refractivity contribution in [1.82, 2.24) is 15.2 Å². The van der Waals surface area contributed by atoms with Gasteiger partial charge in [-0.25, -0.2) is 8.42 Å². The summed E-state index contributed by atoms with van der Waals surface area (Å²) in [6.07, 6.45) is 2.19. The maximum Gasteiger partial charge on any atom is 0.322 e. The Morgan fingerprint density at radius 3 is 2.19 bits per heavy atom. The summed E-state index contributed by atoms with van der Waals surface area (Å²) in [7, 11) is -3.40. The van der Waals surface area contributed by atoms with Crippen molar-refractivity contribution in [2.45, 2.75) is 24.4 Å². The number of amides is 2. The number of hydrogen-bond donors (Lipinski definition) is 4. The van der Waals surface area contributed by atoms with Gasteiger partial charge in [-0.1, -0.05) is 42.5 Å². The topological polar surface area (TPSA) is 172 Å². The van der Waals surface area contributed by atoms with Crippen molar-refractivity contribution in [3.05, 3.63) is 93.4 Å². The third-order valence-corrected chi connectivity index (χ3v) is 6.60. The summed E-state index contributed by atoms with van der Waals surface area (Å²) in [5.41, 5.74) is -0.814. The monoisotopic (exact) mass is 527 g/mol. The van der Waals surface area contributed by atoms with Crippen LogP contribution in [0.2, 0.25) is 0 Å².